The minimum atomic E-state index is -0.920. The van der Waals surface area contributed by atoms with Gasteiger partial charge < -0.3 is 30.2 Å². The summed E-state index contributed by atoms with van der Waals surface area (Å²) in [7, 11) is 0. The predicted molar refractivity (Wildman–Crippen MR) is 114 cm³/mol. The normalized spacial score (nSPS) is 10.3. The van der Waals surface area contributed by atoms with Crippen LogP contribution in [0.15, 0.2) is 14.4 Å². The molecule has 0 saturated carbocycles. The average molecular weight is 474 g/mol. The van der Waals surface area contributed by atoms with Crippen LogP contribution in [0.2, 0.25) is 0 Å². The van der Waals surface area contributed by atoms with Gasteiger partial charge >= 0.3 is 35.3 Å². The van der Waals surface area contributed by atoms with Crippen molar-refractivity contribution in [3.8, 4) is 0 Å². The molecule has 1 aromatic heterocycles. The minimum absolute atomic E-state index is 0.117. The Hall–Kier alpha value is -3.78. The first kappa shape index (κ1) is 27.3. The van der Waals surface area contributed by atoms with Gasteiger partial charge in [0.2, 0.25) is 0 Å². The molecule has 0 atom stereocenters. The number of nitrogens with zero attached hydrogens (tertiary/aromatic N) is 3. The Morgan fingerprint density at radius 1 is 0.576 bits per heavy atom. The Bertz CT molecular complexity index is 827. The van der Waals surface area contributed by atoms with Crippen molar-refractivity contribution in [1.82, 2.24) is 29.7 Å². The first-order valence-electron chi connectivity index (χ1n) is 10.4. The molecule has 15 heteroatoms. The van der Waals surface area contributed by atoms with Crippen molar-refractivity contribution in [3.63, 3.8) is 0 Å². The number of amides is 3. The smallest absolute Gasteiger partial charge is 0.407 e. The van der Waals surface area contributed by atoms with Gasteiger partial charge in [-0.1, -0.05) is 0 Å². The molecule has 0 saturated heterocycles. The number of hydrogen-bond donors (Lipinski definition) is 3. The third kappa shape index (κ3) is 8.70. The van der Waals surface area contributed by atoms with Gasteiger partial charge in [0.05, 0.1) is 19.8 Å². The number of nitrogens with one attached hydrogen (secondary N) is 3. The lowest BCUT2D eigenvalue weighted by Gasteiger charge is -2.15. The Kier molecular flexibility index (Phi) is 11.8. The topological polar surface area (TPSA) is 181 Å². The molecule has 0 aliphatic rings. The van der Waals surface area contributed by atoms with Crippen LogP contribution >= 0.6 is 0 Å². The summed E-state index contributed by atoms with van der Waals surface area (Å²) in [4.78, 5) is 72.6. The fourth-order valence-electron chi connectivity index (χ4n) is 2.61. The highest BCUT2D eigenvalue weighted by atomic mass is 16.6. The summed E-state index contributed by atoms with van der Waals surface area (Å²) in [6.07, 6.45) is -2.18. The van der Waals surface area contributed by atoms with Gasteiger partial charge in [0.15, 0.2) is 0 Å². The first-order chi connectivity index (χ1) is 15.8. The molecule has 186 valence electrons. The van der Waals surface area contributed by atoms with E-state index in [9.17, 15) is 28.8 Å². The summed E-state index contributed by atoms with van der Waals surface area (Å²) < 4.78 is 16.5. The maximum absolute atomic E-state index is 12.8. The third-order valence-corrected chi connectivity index (χ3v) is 4.03. The summed E-state index contributed by atoms with van der Waals surface area (Å²) in [6.45, 7) is 4.21. The quantitative estimate of drug-likeness (QED) is 0.301. The number of alkyl carbamates (subject to hydrolysis) is 3. The van der Waals surface area contributed by atoms with Gasteiger partial charge in [0, 0.05) is 39.3 Å². The SMILES string of the molecule is CCOC(=O)NCCn1c(=O)n(CCNC(=O)OCC)c(=O)n(CCNC(=O)OCC)c1=O. The van der Waals surface area contributed by atoms with E-state index in [2.05, 4.69) is 16.0 Å². The minimum Gasteiger partial charge on any atom is -0.450 e. The van der Waals surface area contributed by atoms with E-state index in [1.807, 2.05) is 0 Å². The largest absolute Gasteiger partial charge is 0.450 e. The molecule has 1 rings (SSSR count). The van der Waals surface area contributed by atoms with Crippen LogP contribution in [-0.4, -0.2) is 71.4 Å². The Balaban J connectivity index is 3.13. The van der Waals surface area contributed by atoms with Crippen LogP contribution in [0.4, 0.5) is 14.4 Å². The molecule has 0 spiro atoms. The van der Waals surface area contributed by atoms with Crippen LogP contribution in [0.25, 0.3) is 0 Å². The highest BCUT2D eigenvalue weighted by molar-refractivity contribution is 5.67. The second-order valence-corrected chi connectivity index (χ2v) is 6.24. The highest BCUT2D eigenvalue weighted by Crippen LogP contribution is 1.82. The van der Waals surface area contributed by atoms with Gasteiger partial charge in [-0.25, -0.2) is 42.5 Å². The lowest BCUT2D eigenvalue weighted by Crippen LogP contribution is -2.56. The van der Waals surface area contributed by atoms with Crippen LogP contribution in [-0.2, 0) is 33.8 Å². The van der Waals surface area contributed by atoms with Crippen molar-refractivity contribution in [1.29, 1.82) is 0 Å². The van der Waals surface area contributed by atoms with E-state index in [4.69, 9.17) is 14.2 Å². The van der Waals surface area contributed by atoms with E-state index in [-0.39, 0.29) is 59.1 Å². The molecular formula is C18H30N6O9. The van der Waals surface area contributed by atoms with Gasteiger partial charge in [0.1, 0.15) is 0 Å². The van der Waals surface area contributed by atoms with Crippen LogP contribution < -0.4 is 33.0 Å². The molecule has 3 amide bonds. The molecule has 15 nitrogen and oxygen atoms in total. The van der Waals surface area contributed by atoms with Crippen molar-refractivity contribution in [2.24, 2.45) is 0 Å². The molecule has 0 fully saturated rings. The Morgan fingerprint density at radius 2 is 0.818 bits per heavy atom. The zero-order chi connectivity index (χ0) is 24.8. The summed E-state index contributed by atoms with van der Waals surface area (Å²) in [5, 5.41) is 7.14. The zero-order valence-electron chi connectivity index (χ0n) is 18.9. The second kappa shape index (κ2) is 14.3. The highest BCUT2D eigenvalue weighted by Gasteiger charge is 2.16. The first-order valence-corrected chi connectivity index (χ1v) is 10.4. The molecule has 33 heavy (non-hydrogen) atoms. The number of aromatic nitrogens is 3. The molecule has 0 aliphatic heterocycles. The Labute approximate surface area is 188 Å². The van der Waals surface area contributed by atoms with Gasteiger partial charge in [-0.3, -0.25) is 0 Å². The second-order valence-electron chi connectivity index (χ2n) is 6.24. The monoisotopic (exact) mass is 474 g/mol. The van der Waals surface area contributed by atoms with Crippen LogP contribution in [0.1, 0.15) is 20.8 Å². The molecule has 1 heterocycles. The van der Waals surface area contributed by atoms with E-state index in [1.54, 1.807) is 20.8 Å². The van der Waals surface area contributed by atoms with E-state index in [0.717, 1.165) is 13.7 Å². The van der Waals surface area contributed by atoms with Gasteiger partial charge in [-0.15, -0.1) is 0 Å². The lowest BCUT2D eigenvalue weighted by molar-refractivity contribution is 0.151. The Morgan fingerprint density at radius 3 is 1.03 bits per heavy atom. The van der Waals surface area contributed by atoms with Gasteiger partial charge in [-0.05, 0) is 20.8 Å². The van der Waals surface area contributed by atoms with Crippen molar-refractivity contribution >= 4 is 18.3 Å². The maximum atomic E-state index is 12.8. The summed E-state index contributed by atoms with van der Waals surface area (Å²) in [6, 6.07) is 0. The molecule has 0 unspecified atom stereocenters. The van der Waals surface area contributed by atoms with Crippen LogP contribution in [0.5, 0.6) is 0 Å². The summed E-state index contributed by atoms with van der Waals surface area (Å²) in [5.41, 5.74) is -2.76. The lowest BCUT2D eigenvalue weighted by atomic mass is 10.5. The molecule has 0 aliphatic carbocycles. The summed E-state index contributed by atoms with van der Waals surface area (Å²) in [5.74, 6) is 0. The number of ether oxygens (including phenoxy) is 3. The van der Waals surface area contributed by atoms with E-state index in [1.165, 1.54) is 0 Å². The fraction of sp³-hybridized carbons (Fsp3) is 0.667. The third-order valence-electron chi connectivity index (χ3n) is 4.03. The van der Waals surface area contributed by atoms with E-state index >= 15 is 0 Å². The molecule has 0 aromatic carbocycles. The van der Waals surface area contributed by atoms with Crippen molar-refractivity contribution < 1.29 is 28.6 Å². The van der Waals surface area contributed by atoms with E-state index < -0.39 is 35.3 Å². The zero-order valence-corrected chi connectivity index (χ0v) is 18.9. The van der Waals surface area contributed by atoms with Crippen LogP contribution in [0.3, 0.4) is 0 Å². The fourth-order valence-corrected chi connectivity index (χ4v) is 2.61. The van der Waals surface area contributed by atoms with Gasteiger partial charge in [0.25, 0.3) is 0 Å². The van der Waals surface area contributed by atoms with E-state index in [0.29, 0.717) is 0 Å². The number of carbonyl (C=O) groups excluding carboxylic acids is 3. The van der Waals surface area contributed by atoms with Crippen molar-refractivity contribution in [2.45, 2.75) is 40.4 Å². The van der Waals surface area contributed by atoms with Crippen molar-refractivity contribution in [2.75, 3.05) is 39.5 Å². The predicted octanol–water partition coefficient (Wildman–Crippen LogP) is -1.59. The average Bonchev–Trinajstić information content (AvgIpc) is 2.76. The number of hydrogen-bond acceptors (Lipinski definition) is 9. The van der Waals surface area contributed by atoms with Crippen molar-refractivity contribution in [3.05, 3.63) is 31.5 Å². The van der Waals surface area contributed by atoms with Gasteiger partial charge in [-0.2, -0.15) is 0 Å². The molecule has 1 aromatic rings. The molecular weight excluding hydrogens is 444 g/mol. The van der Waals surface area contributed by atoms with Crippen LogP contribution in [0, 0.1) is 0 Å². The standard InChI is InChI=1S/C18H30N6O9/c1-4-31-13(25)19-7-10-22-16(28)23(11-8-20-14(26)32-5-2)18(30)24(17(22)29)12-9-21-15(27)33-6-3/h4-12H2,1-3H3,(H,19,25)(H,20,26)(H,21,27). The molecule has 3 N–H and O–H groups in total. The maximum Gasteiger partial charge on any atom is 0.407 e. The molecule has 0 bridgehead atoms. The molecule has 0 radical (unpaired) electrons. The number of rotatable bonds is 12. The summed E-state index contributed by atoms with van der Waals surface area (Å²) >= 11 is 0. The number of carbonyl (C=O) groups is 3.